The molecule has 1 amide bonds. The Morgan fingerprint density at radius 2 is 2.18 bits per heavy atom. The van der Waals surface area contributed by atoms with Gasteiger partial charge in [-0.05, 0) is 18.4 Å². The van der Waals surface area contributed by atoms with E-state index < -0.39 is 0 Å². The molecule has 1 N–H and O–H groups in total. The molecule has 22 heavy (non-hydrogen) atoms. The average molecular weight is 356 g/mol. The van der Waals surface area contributed by atoms with Gasteiger partial charge in [0.15, 0.2) is 9.50 Å². The number of hydrogen-bond acceptors (Lipinski definition) is 8. The summed E-state index contributed by atoms with van der Waals surface area (Å²) in [5, 5.41) is 12.0. The quantitative estimate of drug-likeness (QED) is 0.463. The topological polar surface area (TPSA) is 80.7 Å². The molecule has 0 aliphatic heterocycles. The molecule has 0 saturated heterocycles. The van der Waals surface area contributed by atoms with E-state index in [9.17, 15) is 4.79 Å². The number of nitrogens with zero attached hydrogens (tertiary/aromatic N) is 4. The second-order valence-corrected chi connectivity index (χ2v) is 7.49. The summed E-state index contributed by atoms with van der Waals surface area (Å²) in [7, 11) is 0. The lowest BCUT2D eigenvalue weighted by Crippen LogP contribution is -2.16. The molecule has 118 valence electrons. The lowest BCUT2D eigenvalue weighted by Gasteiger charge is -2.07. The van der Waals surface area contributed by atoms with Crippen LogP contribution in [-0.2, 0) is 6.42 Å². The summed E-state index contributed by atoms with van der Waals surface area (Å²) in [6.07, 6.45) is 5.16. The van der Waals surface area contributed by atoms with Gasteiger partial charge in [-0.2, -0.15) is 0 Å². The van der Waals surface area contributed by atoms with Crippen LogP contribution in [0.25, 0.3) is 0 Å². The molecule has 0 aliphatic carbocycles. The van der Waals surface area contributed by atoms with Crippen LogP contribution in [0.4, 0.5) is 5.13 Å². The molecular weight excluding hydrogens is 338 g/mol. The minimum atomic E-state index is -0.236. The van der Waals surface area contributed by atoms with Crippen molar-refractivity contribution >= 4 is 45.9 Å². The zero-order chi connectivity index (χ0) is 15.9. The summed E-state index contributed by atoms with van der Waals surface area (Å²) in [4.78, 5) is 21.0. The van der Waals surface area contributed by atoms with Crippen LogP contribution in [0.5, 0.6) is 0 Å². The molecule has 9 heteroatoms. The number of carbonyl (C=O) groups excluding carboxylic acids is 1. The third kappa shape index (κ3) is 4.40. The van der Waals surface area contributed by atoms with E-state index in [-0.39, 0.29) is 5.91 Å². The molecule has 2 rings (SSSR count). The van der Waals surface area contributed by atoms with Crippen LogP contribution in [0.2, 0.25) is 0 Å². The van der Waals surface area contributed by atoms with Crippen molar-refractivity contribution in [2.45, 2.75) is 36.2 Å². The molecule has 0 fully saturated rings. The van der Waals surface area contributed by atoms with Crippen molar-refractivity contribution in [1.82, 2.24) is 20.2 Å². The summed E-state index contributed by atoms with van der Waals surface area (Å²) in [5.74, 6) is 0.688. The molecular formula is C13H17N5OS3. The Hall–Kier alpha value is -1.19. The molecule has 0 unspecified atom stereocenters. The third-order valence-corrected chi connectivity index (χ3v) is 5.07. The molecule has 2 aromatic rings. The number of carbonyl (C=O) groups is 1. The second-order valence-electron chi connectivity index (χ2n) is 4.23. The highest BCUT2D eigenvalue weighted by Crippen LogP contribution is 2.25. The Bertz CT molecular complexity index is 646. The van der Waals surface area contributed by atoms with Crippen molar-refractivity contribution in [3.63, 3.8) is 0 Å². The van der Waals surface area contributed by atoms with Gasteiger partial charge in [-0.3, -0.25) is 10.1 Å². The maximum atomic E-state index is 12.4. The van der Waals surface area contributed by atoms with E-state index in [0.29, 0.717) is 15.9 Å². The Balaban J connectivity index is 2.17. The monoisotopic (exact) mass is 355 g/mol. The minimum absolute atomic E-state index is 0.236. The zero-order valence-electron chi connectivity index (χ0n) is 12.6. The first-order chi connectivity index (χ1) is 10.7. The van der Waals surface area contributed by atoms with Gasteiger partial charge in [0, 0.05) is 6.20 Å². The van der Waals surface area contributed by atoms with E-state index in [2.05, 4.69) is 32.4 Å². The van der Waals surface area contributed by atoms with Crippen LogP contribution in [0.1, 0.15) is 36.3 Å². The van der Waals surface area contributed by atoms with Gasteiger partial charge >= 0.3 is 0 Å². The number of aryl methyl sites for hydroxylation is 1. The van der Waals surface area contributed by atoms with Crippen molar-refractivity contribution < 1.29 is 4.79 Å². The Morgan fingerprint density at radius 1 is 1.36 bits per heavy atom. The predicted octanol–water partition coefficient (Wildman–Crippen LogP) is 3.37. The molecule has 0 aliphatic rings. The molecule has 0 atom stereocenters. The fourth-order valence-electron chi connectivity index (χ4n) is 1.72. The van der Waals surface area contributed by atoms with Crippen LogP contribution in [0.15, 0.2) is 15.7 Å². The third-order valence-electron chi connectivity index (χ3n) is 2.65. The number of anilines is 1. The summed E-state index contributed by atoms with van der Waals surface area (Å²) in [6, 6.07) is 0. The van der Waals surface area contributed by atoms with Gasteiger partial charge in [0.05, 0.1) is 11.3 Å². The van der Waals surface area contributed by atoms with Crippen molar-refractivity contribution in [2.75, 3.05) is 17.3 Å². The van der Waals surface area contributed by atoms with Crippen LogP contribution >= 0.6 is 34.9 Å². The Labute approximate surface area is 141 Å². The summed E-state index contributed by atoms with van der Waals surface area (Å²) >= 11 is 4.44. The number of amides is 1. The van der Waals surface area contributed by atoms with Crippen LogP contribution < -0.4 is 5.32 Å². The number of hydrogen-bond donors (Lipinski definition) is 1. The van der Waals surface area contributed by atoms with E-state index >= 15 is 0 Å². The van der Waals surface area contributed by atoms with E-state index in [0.717, 1.165) is 28.6 Å². The molecule has 0 bridgehead atoms. The highest BCUT2D eigenvalue weighted by atomic mass is 32.2. The van der Waals surface area contributed by atoms with Gasteiger partial charge in [0.2, 0.25) is 5.13 Å². The maximum Gasteiger partial charge on any atom is 0.260 e. The molecule has 2 aromatic heterocycles. The molecule has 0 saturated carbocycles. The zero-order valence-corrected chi connectivity index (χ0v) is 15.1. The summed E-state index contributed by atoms with van der Waals surface area (Å²) < 4.78 is 0.848. The fourth-order valence-corrected chi connectivity index (χ4v) is 3.72. The van der Waals surface area contributed by atoms with Gasteiger partial charge in [0.25, 0.3) is 5.91 Å². The van der Waals surface area contributed by atoms with Gasteiger partial charge in [-0.25, -0.2) is 9.97 Å². The highest BCUT2D eigenvalue weighted by molar-refractivity contribution is 8.01. The number of aromatic nitrogens is 4. The van der Waals surface area contributed by atoms with Gasteiger partial charge in [-0.1, -0.05) is 55.1 Å². The highest BCUT2D eigenvalue weighted by Gasteiger charge is 2.16. The lowest BCUT2D eigenvalue weighted by atomic mass is 10.1. The van der Waals surface area contributed by atoms with Gasteiger partial charge in [-0.15, -0.1) is 10.2 Å². The maximum absolute atomic E-state index is 12.4. The molecule has 0 radical (unpaired) electrons. The van der Waals surface area contributed by atoms with Gasteiger partial charge in [0.1, 0.15) is 0 Å². The number of rotatable bonds is 7. The lowest BCUT2D eigenvalue weighted by molar-refractivity contribution is 0.102. The van der Waals surface area contributed by atoms with E-state index in [1.54, 1.807) is 18.0 Å². The Morgan fingerprint density at radius 3 is 2.86 bits per heavy atom. The number of thioether (sulfide) groups is 2. The first kappa shape index (κ1) is 17.2. The van der Waals surface area contributed by atoms with Crippen molar-refractivity contribution in [1.29, 1.82) is 0 Å². The van der Waals surface area contributed by atoms with E-state index in [1.165, 1.54) is 23.1 Å². The standard InChI is InChI=1S/C13H17N5OS3/c1-4-6-9-8(7-14-11(15-9)20-3)10(19)16-12-17-18-13(22-12)21-5-2/h7H,4-6H2,1-3H3,(H,16,17,19). The van der Waals surface area contributed by atoms with Crippen LogP contribution in [0.3, 0.4) is 0 Å². The summed E-state index contributed by atoms with van der Waals surface area (Å²) in [5.41, 5.74) is 1.27. The number of nitrogens with one attached hydrogen (secondary N) is 1. The molecule has 2 heterocycles. The smallest absolute Gasteiger partial charge is 0.260 e. The van der Waals surface area contributed by atoms with E-state index in [4.69, 9.17) is 0 Å². The molecule has 6 nitrogen and oxygen atoms in total. The predicted molar refractivity (Wildman–Crippen MR) is 92.1 cm³/mol. The SMILES string of the molecule is CCCc1nc(SC)ncc1C(=O)Nc1nnc(SCC)s1. The van der Waals surface area contributed by atoms with Crippen molar-refractivity contribution in [3.8, 4) is 0 Å². The first-order valence-corrected chi connectivity index (χ1v) is 9.88. The minimum Gasteiger partial charge on any atom is -0.296 e. The first-order valence-electron chi connectivity index (χ1n) is 6.85. The average Bonchev–Trinajstić information content (AvgIpc) is 2.95. The molecule has 0 aromatic carbocycles. The van der Waals surface area contributed by atoms with Crippen molar-refractivity contribution in [2.24, 2.45) is 0 Å². The largest absolute Gasteiger partial charge is 0.296 e. The fraction of sp³-hybridized carbons (Fsp3) is 0.462. The van der Waals surface area contributed by atoms with Crippen LogP contribution in [-0.4, -0.2) is 38.1 Å². The molecule has 0 spiro atoms. The second kappa shape index (κ2) is 8.44. The normalized spacial score (nSPS) is 10.7. The van der Waals surface area contributed by atoms with E-state index in [1.807, 2.05) is 13.2 Å². The van der Waals surface area contributed by atoms with Gasteiger partial charge < -0.3 is 0 Å². The van der Waals surface area contributed by atoms with Crippen LogP contribution in [0, 0.1) is 0 Å². The Kier molecular flexibility index (Phi) is 6.59. The summed E-state index contributed by atoms with van der Waals surface area (Å²) in [6.45, 7) is 4.10. The van der Waals surface area contributed by atoms with Crippen molar-refractivity contribution in [3.05, 3.63) is 17.5 Å².